The summed E-state index contributed by atoms with van der Waals surface area (Å²) in [4.78, 5) is 40.6. The Morgan fingerprint density at radius 1 is 1.04 bits per heavy atom. The van der Waals surface area contributed by atoms with Crippen molar-refractivity contribution in [2.45, 2.75) is 13.8 Å². The summed E-state index contributed by atoms with van der Waals surface area (Å²) in [5, 5.41) is 2.47. The first kappa shape index (κ1) is 25.2. The van der Waals surface area contributed by atoms with Gasteiger partial charge in [-0.3, -0.25) is 19.3 Å². The molecule has 0 atom stereocenters. The van der Waals surface area contributed by atoms with Gasteiger partial charge in [-0.05, 0) is 13.8 Å². The smallest absolute Gasteiger partial charge is 0.242 e. The van der Waals surface area contributed by atoms with Crippen LogP contribution in [-0.2, 0) is 14.4 Å². The zero-order valence-electron chi connectivity index (χ0n) is 14.3. The number of nitrogens with zero attached hydrogens (tertiary/aromatic N) is 3. The van der Waals surface area contributed by atoms with E-state index in [1.54, 1.807) is 9.80 Å². The molecule has 1 aliphatic rings. The van der Waals surface area contributed by atoms with Crippen LogP contribution >= 0.6 is 24.8 Å². The highest BCUT2D eigenvalue weighted by Gasteiger charge is 2.23. The topological polar surface area (TPSA) is 99.0 Å². The maximum Gasteiger partial charge on any atom is 0.242 e. The minimum absolute atomic E-state index is 0. The molecule has 0 spiro atoms. The van der Waals surface area contributed by atoms with Crippen LogP contribution in [0.25, 0.3) is 0 Å². The minimum atomic E-state index is -0.336. The molecule has 0 bridgehead atoms. The van der Waals surface area contributed by atoms with Crippen LogP contribution in [-0.4, -0.2) is 91.3 Å². The number of likely N-dealkylation sites (N-methyl/N-ethyl adjacent to an activating group) is 1. The molecular weight excluding hydrogens is 357 g/mol. The van der Waals surface area contributed by atoms with E-state index >= 15 is 0 Å². The van der Waals surface area contributed by atoms with Gasteiger partial charge in [-0.2, -0.15) is 0 Å². The Morgan fingerprint density at radius 3 is 2.04 bits per heavy atom. The van der Waals surface area contributed by atoms with Crippen LogP contribution in [0.4, 0.5) is 0 Å². The first-order valence-electron chi connectivity index (χ1n) is 7.76. The number of nitrogens with two attached hydrogens (primary N) is 1. The van der Waals surface area contributed by atoms with Gasteiger partial charge in [-0.25, -0.2) is 0 Å². The van der Waals surface area contributed by atoms with E-state index in [9.17, 15) is 14.4 Å². The molecule has 142 valence electrons. The molecule has 1 rings (SSSR count). The lowest BCUT2D eigenvalue weighted by molar-refractivity contribution is -0.135. The van der Waals surface area contributed by atoms with Gasteiger partial charge in [0.15, 0.2) is 0 Å². The zero-order valence-corrected chi connectivity index (χ0v) is 16.0. The number of hydrogen-bond acceptors (Lipinski definition) is 5. The van der Waals surface area contributed by atoms with E-state index in [-0.39, 0.29) is 55.6 Å². The normalized spacial score (nSPS) is 14.2. The molecule has 0 radical (unpaired) electrons. The highest BCUT2D eigenvalue weighted by Crippen LogP contribution is 2.03. The summed E-state index contributed by atoms with van der Waals surface area (Å²) in [5.74, 6) is -0.326. The van der Waals surface area contributed by atoms with Crippen molar-refractivity contribution in [3.8, 4) is 0 Å². The van der Waals surface area contributed by atoms with E-state index in [1.807, 2.05) is 13.8 Å². The van der Waals surface area contributed by atoms with Gasteiger partial charge < -0.3 is 20.9 Å². The Bertz CT molecular complexity index is 400. The van der Waals surface area contributed by atoms with Crippen molar-refractivity contribution < 1.29 is 14.4 Å². The fraction of sp³-hybridized carbons (Fsp3) is 0.786. The van der Waals surface area contributed by atoms with Crippen molar-refractivity contribution in [2.75, 3.05) is 58.9 Å². The molecule has 3 amide bonds. The van der Waals surface area contributed by atoms with Crippen LogP contribution in [0, 0.1) is 0 Å². The molecule has 1 aliphatic heterocycles. The molecule has 0 aromatic heterocycles. The van der Waals surface area contributed by atoms with Gasteiger partial charge in [0.25, 0.3) is 0 Å². The number of amides is 3. The second-order valence-corrected chi connectivity index (χ2v) is 5.20. The maximum atomic E-state index is 12.0. The van der Waals surface area contributed by atoms with E-state index in [2.05, 4.69) is 10.2 Å². The average Bonchev–Trinajstić information content (AvgIpc) is 2.54. The third-order valence-corrected chi connectivity index (χ3v) is 3.82. The molecular formula is C14H29Cl2N5O3. The Labute approximate surface area is 155 Å². The standard InChI is InChI=1S/C14H27N5O3.2ClH/c1-3-18(4-2)14(22)11-17-5-7-19(8-6-17)13(21)10-16-12(20)9-15;;/h3-11,15H2,1-2H3,(H,16,20);2*1H. The Morgan fingerprint density at radius 2 is 1.58 bits per heavy atom. The molecule has 0 aliphatic carbocycles. The number of carbonyl (C=O) groups is 3. The molecule has 3 N–H and O–H groups in total. The molecule has 0 unspecified atom stereocenters. The van der Waals surface area contributed by atoms with E-state index in [4.69, 9.17) is 5.73 Å². The predicted molar refractivity (Wildman–Crippen MR) is 97.5 cm³/mol. The van der Waals surface area contributed by atoms with Crippen LogP contribution in [0.3, 0.4) is 0 Å². The Balaban J connectivity index is 0. The van der Waals surface area contributed by atoms with Gasteiger partial charge in [0.05, 0.1) is 19.6 Å². The molecule has 1 fully saturated rings. The van der Waals surface area contributed by atoms with Gasteiger partial charge >= 0.3 is 0 Å². The summed E-state index contributed by atoms with van der Waals surface area (Å²) in [5.41, 5.74) is 5.17. The van der Waals surface area contributed by atoms with Crippen LogP contribution in [0.1, 0.15) is 13.8 Å². The lowest BCUT2D eigenvalue weighted by Crippen LogP contribution is -2.53. The fourth-order valence-corrected chi connectivity index (χ4v) is 2.38. The molecule has 1 saturated heterocycles. The van der Waals surface area contributed by atoms with Crippen molar-refractivity contribution in [1.82, 2.24) is 20.0 Å². The van der Waals surface area contributed by atoms with Gasteiger partial charge in [0.1, 0.15) is 0 Å². The highest BCUT2D eigenvalue weighted by molar-refractivity contribution is 5.86. The van der Waals surface area contributed by atoms with Crippen LogP contribution in [0.15, 0.2) is 0 Å². The molecule has 0 aromatic carbocycles. The van der Waals surface area contributed by atoms with Crippen molar-refractivity contribution in [2.24, 2.45) is 5.73 Å². The number of rotatable bonds is 7. The van der Waals surface area contributed by atoms with Crippen molar-refractivity contribution in [3.63, 3.8) is 0 Å². The molecule has 1 heterocycles. The summed E-state index contributed by atoms with van der Waals surface area (Å²) < 4.78 is 0. The molecule has 0 aromatic rings. The van der Waals surface area contributed by atoms with Gasteiger partial charge in [-0.15, -0.1) is 24.8 Å². The van der Waals surface area contributed by atoms with E-state index < -0.39 is 0 Å². The minimum Gasteiger partial charge on any atom is -0.346 e. The number of carbonyl (C=O) groups excluding carboxylic acids is 3. The van der Waals surface area contributed by atoms with Crippen LogP contribution in [0.2, 0.25) is 0 Å². The van der Waals surface area contributed by atoms with Crippen LogP contribution < -0.4 is 11.1 Å². The number of piperazine rings is 1. The third-order valence-electron chi connectivity index (χ3n) is 3.82. The van der Waals surface area contributed by atoms with Gasteiger partial charge in [-0.1, -0.05) is 0 Å². The second kappa shape index (κ2) is 13.2. The molecule has 10 heteroatoms. The van der Waals surface area contributed by atoms with Crippen molar-refractivity contribution in [3.05, 3.63) is 0 Å². The largest absolute Gasteiger partial charge is 0.346 e. The first-order valence-corrected chi connectivity index (χ1v) is 7.76. The molecule has 24 heavy (non-hydrogen) atoms. The SMILES string of the molecule is CCN(CC)C(=O)CN1CCN(C(=O)CNC(=O)CN)CC1.Cl.Cl. The Hall–Kier alpha value is -1.09. The van der Waals surface area contributed by atoms with Crippen molar-refractivity contribution in [1.29, 1.82) is 0 Å². The maximum absolute atomic E-state index is 12.0. The second-order valence-electron chi connectivity index (χ2n) is 5.20. The lowest BCUT2D eigenvalue weighted by Gasteiger charge is -2.35. The van der Waals surface area contributed by atoms with Crippen molar-refractivity contribution >= 4 is 42.5 Å². The predicted octanol–water partition coefficient (Wildman–Crippen LogP) is -1.08. The van der Waals surface area contributed by atoms with Gasteiger partial charge in [0.2, 0.25) is 17.7 Å². The van der Waals surface area contributed by atoms with E-state index in [1.165, 1.54) is 0 Å². The summed E-state index contributed by atoms with van der Waals surface area (Å²) in [6.07, 6.45) is 0. The monoisotopic (exact) mass is 385 g/mol. The Kier molecular flexibility index (Phi) is 13.9. The number of nitrogens with one attached hydrogen (secondary N) is 1. The van der Waals surface area contributed by atoms with E-state index in [0.29, 0.717) is 45.8 Å². The highest BCUT2D eigenvalue weighted by atomic mass is 35.5. The summed E-state index contributed by atoms with van der Waals surface area (Å²) in [6, 6.07) is 0. The number of halogens is 2. The van der Waals surface area contributed by atoms with Gasteiger partial charge in [0, 0.05) is 39.3 Å². The summed E-state index contributed by atoms with van der Waals surface area (Å²) in [6.45, 7) is 8.11. The lowest BCUT2D eigenvalue weighted by atomic mass is 10.3. The molecule has 8 nitrogen and oxygen atoms in total. The quantitative estimate of drug-likeness (QED) is 0.580. The average molecular weight is 386 g/mol. The number of hydrogen-bond donors (Lipinski definition) is 2. The fourth-order valence-electron chi connectivity index (χ4n) is 2.38. The summed E-state index contributed by atoms with van der Waals surface area (Å²) >= 11 is 0. The first-order chi connectivity index (χ1) is 10.5. The summed E-state index contributed by atoms with van der Waals surface area (Å²) in [7, 11) is 0. The van der Waals surface area contributed by atoms with E-state index in [0.717, 1.165) is 0 Å². The van der Waals surface area contributed by atoms with Crippen LogP contribution in [0.5, 0.6) is 0 Å². The third kappa shape index (κ3) is 8.14. The molecule has 0 saturated carbocycles. The zero-order chi connectivity index (χ0) is 16.5.